The van der Waals surface area contributed by atoms with Crippen LogP contribution >= 0.6 is 0 Å². The predicted octanol–water partition coefficient (Wildman–Crippen LogP) is 2.60. The van der Waals surface area contributed by atoms with E-state index in [-0.39, 0.29) is 5.41 Å². The molecule has 1 fully saturated rings. The molecule has 0 bridgehead atoms. The average Bonchev–Trinajstić information content (AvgIpc) is 2.32. The quantitative estimate of drug-likeness (QED) is 0.757. The maximum Gasteiger partial charge on any atom is 0.0499 e. The molecule has 0 saturated heterocycles. The zero-order valence-corrected chi connectivity index (χ0v) is 11.6. The van der Waals surface area contributed by atoms with Gasteiger partial charge in [-0.15, -0.1) is 0 Å². The summed E-state index contributed by atoms with van der Waals surface area (Å²) in [5.74, 6) is 0. The van der Waals surface area contributed by atoms with Crippen molar-refractivity contribution in [3.63, 3.8) is 0 Å². The lowest BCUT2D eigenvalue weighted by molar-refractivity contribution is 0.0451. The number of aliphatic hydroxyl groups is 1. The van der Waals surface area contributed by atoms with Crippen LogP contribution in [0, 0.1) is 19.3 Å². The number of aliphatic hydroxyl groups excluding tert-OH is 1. The third kappa shape index (κ3) is 3.12. The number of hydrogen-bond donors (Lipinski definition) is 2. The second-order valence-corrected chi connectivity index (χ2v) is 5.86. The Morgan fingerprint density at radius 2 is 2.00 bits per heavy atom. The van der Waals surface area contributed by atoms with Crippen molar-refractivity contribution >= 4 is 0 Å². The summed E-state index contributed by atoms with van der Waals surface area (Å²) in [5.41, 5.74) is 4.33. The Bertz CT molecular complexity index is 391. The molecule has 0 atom stereocenters. The molecule has 0 spiro atoms. The van der Waals surface area contributed by atoms with Crippen molar-refractivity contribution in [3.8, 4) is 0 Å². The third-order valence-corrected chi connectivity index (χ3v) is 4.41. The van der Waals surface area contributed by atoms with Crippen molar-refractivity contribution in [1.29, 1.82) is 0 Å². The Balaban J connectivity index is 1.73. The lowest BCUT2D eigenvalue weighted by Gasteiger charge is -2.40. The Morgan fingerprint density at radius 1 is 1.22 bits per heavy atom. The van der Waals surface area contributed by atoms with Crippen LogP contribution in [0.15, 0.2) is 18.2 Å². The van der Waals surface area contributed by atoms with E-state index in [9.17, 15) is 5.11 Å². The first-order valence-corrected chi connectivity index (χ1v) is 7.03. The van der Waals surface area contributed by atoms with Crippen molar-refractivity contribution in [2.75, 3.05) is 19.7 Å². The molecule has 0 aliphatic heterocycles. The molecule has 1 aliphatic carbocycles. The van der Waals surface area contributed by atoms with Gasteiger partial charge in [0.15, 0.2) is 0 Å². The Labute approximate surface area is 110 Å². The van der Waals surface area contributed by atoms with Crippen LogP contribution in [0.5, 0.6) is 0 Å². The molecular formula is C16H25NO. The molecule has 0 radical (unpaired) electrons. The average molecular weight is 247 g/mol. The second kappa shape index (κ2) is 5.85. The van der Waals surface area contributed by atoms with E-state index in [4.69, 9.17) is 0 Å². The summed E-state index contributed by atoms with van der Waals surface area (Å²) >= 11 is 0. The summed E-state index contributed by atoms with van der Waals surface area (Å²) < 4.78 is 0. The van der Waals surface area contributed by atoms with Gasteiger partial charge in [-0.05, 0) is 56.3 Å². The van der Waals surface area contributed by atoms with Gasteiger partial charge in [0.1, 0.15) is 0 Å². The fraction of sp³-hybridized carbons (Fsp3) is 0.625. The zero-order chi connectivity index (χ0) is 13.0. The molecule has 0 unspecified atom stereocenters. The lowest BCUT2D eigenvalue weighted by Crippen LogP contribution is -2.43. The van der Waals surface area contributed by atoms with E-state index in [1.54, 1.807) is 0 Å². The van der Waals surface area contributed by atoms with Crippen molar-refractivity contribution in [3.05, 3.63) is 34.9 Å². The van der Waals surface area contributed by atoms with Gasteiger partial charge in [0.25, 0.3) is 0 Å². The summed E-state index contributed by atoms with van der Waals surface area (Å²) in [6.07, 6.45) is 4.71. The topological polar surface area (TPSA) is 32.3 Å². The van der Waals surface area contributed by atoms with E-state index < -0.39 is 0 Å². The molecule has 2 rings (SSSR count). The Hall–Kier alpha value is -0.860. The van der Waals surface area contributed by atoms with E-state index in [1.165, 1.54) is 36.0 Å². The van der Waals surface area contributed by atoms with Crippen LogP contribution in [0.2, 0.25) is 0 Å². The van der Waals surface area contributed by atoms with E-state index in [2.05, 4.69) is 37.4 Å². The highest BCUT2D eigenvalue weighted by Gasteiger charge is 2.35. The number of aryl methyl sites for hydroxylation is 2. The number of nitrogens with one attached hydrogen (secondary N) is 1. The van der Waals surface area contributed by atoms with Crippen molar-refractivity contribution in [2.45, 2.75) is 39.5 Å². The second-order valence-electron chi connectivity index (χ2n) is 5.86. The van der Waals surface area contributed by atoms with Gasteiger partial charge < -0.3 is 10.4 Å². The maximum absolute atomic E-state index is 9.38. The molecule has 2 nitrogen and oxygen atoms in total. The first-order valence-electron chi connectivity index (χ1n) is 7.03. The number of rotatable bonds is 6. The van der Waals surface area contributed by atoms with Crippen LogP contribution in [0.3, 0.4) is 0 Å². The van der Waals surface area contributed by atoms with Gasteiger partial charge in [-0.2, -0.15) is 0 Å². The van der Waals surface area contributed by atoms with E-state index in [0.717, 1.165) is 19.5 Å². The number of benzene rings is 1. The van der Waals surface area contributed by atoms with E-state index >= 15 is 0 Å². The minimum atomic E-state index is 0.198. The molecule has 1 aliphatic rings. The molecule has 1 aromatic carbocycles. The summed E-state index contributed by atoms with van der Waals surface area (Å²) in [5, 5.41) is 12.9. The highest BCUT2D eigenvalue weighted by atomic mass is 16.3. The number of hydrogen-bond acceptors (Lipinski definition) is 2. The first-order chi connectivity index (χ1) is 8.65. The molecule has 2 heteroatoms. The molecule has 0 amide bonds. The van der Waals surface area contributed by atoms with Gasteiger partial charge in [-0.25, -0.2) is 0 Å². The fourth-order valence-electron chi connectivity index (χ4n) is 2.61. The van der Waals surface area contributed by atoms with Gasteiger partial charge in [0.05, 0.1) is 0 Å². The van der Waals surface area contributed by atoms with Gasteiger partial charge >= 0.3 is 0 Å². The SMILES string of the molecule is Cc1ccc(CCNCC2(CO)CCC2)cc1C. The first kappa shape index (κ1) is 13.6. The minimum absolute atomic E-state index is 0.198. The van der Waals surface area contributed by atoms with Crippen LogP contribution in [-0.2, 0) is 6.42 Å². The van der Waals surface area contributed by atoms with Crippen LogP contribution in [0.25, 0.3) is 0 Å². The van der Waals surface area contributed by atoms with Crippen LogP contribution < -0.4 is 5.32 Å². The van der Waals surface area contributed by atoms with Crippen LogP contribution in [-0.4, -0.2) is 24.8 Å². The normalized spacial score (nSPS) is 17.5. The predicted molar refractivity (Wildman–Crippen MR) is 75.9 cm³/mol. The Morgan fingerprint density at radius 3 is 2.56 bits per heavy atom. The van der Waals surface area contributed by atoms with Crippen LogP contribution in [0.4, 0.5) is 0 Å². The maximum atomic E-state index is 9.38. The van der Waals surface area contributed by atoms with Gasteiger partial charge in [-0.3, -0.25) is 0 Å². The van der Waals surface area contributed by atoms with Gasteiger partial charge in [0, 0.05) is 18.6 Å². The smallest absolute Gasteiger partial charge is 0.0499 e. The van der Waals surface area contributed by atoms with E-state index in [1.807, 2.05) is 0 Å². The fourth-order valence-corrected chi connectivity index (χ4v) is 2.61. The standard InChI is InChI=1S/C16H25NO/c1-13-4-5-15(10-14(13)2)6-9-17-11-16(12-18)7-3-8-16/h4-5,10,17-18H,3,6-9,11-12H2,1-2H3. The summed E-state index contributed by atoms with van der Waals surface area (Å²) in [6.45, 7) is 6.63. The molecule has 2 N–H and O–H groups in total. The summed E-state index contributed by atoms with van der Waals surface area (Å²) in [4.78, 5) is 0. The van der Waals surface area contributed by atoms with Crippen molar-refractivity contribution in [2.24, 2.45) is 5.41 Å². The molecule has 1 aromatic rings. The van der Waals surface area contributed by atoms with Crippen molar-refractivity contribution < 1.29 is 5.11 Å². The van der Waals surface area contributed by atoms with Crippen LogP contribution in [0.1, 0.15) is 36.0 Å². The highest BCUT2D eigenvalue weighted by molar-refractivity contribution is 5.30. The van der Waals surface area contributed by atoms with Gasteiger partial charge in [0.2, 0.25) is 0 Å². The highest BCUT2D eigenvalue weighted by Crippen LogP contribution is 2.39. The zero-order valence-electron chi connectivity index (χ0n) is 11.6. The molecule has 0 heterocycles. The molecule has 0 aromatic heterocycles. The Kier molecular flexibility index (Phi) is 4.41. The summed E-state index contributed by atoms with van der Waals surface area (Å²) in [6, 6.07) is 6.70. The third-order valence-electron chi connectivity index (χ3n) is 4.41. The van der Waals surface area contributed by atoms with Gasteiger partial charge in [-0.1, -0.05) is 24.6 Å². The largest absolute Gasteiger partial charge is 0.396 e. The van der Waals surface area contributed by atoms with Crippen molar-refractivity contribution in [1.82, 2.24) is 5.32 Å². The molecular weight excluding hydrogens is 222 g/mol. The molecule has 100 valence electrons. The monoisotopic (exact) mass is 247 g/mol. The lowest BCUT2D eigenvalue weighted by atomic mass is 9.69. The minimum Gasteiger partial charge on any atom is -0.396 e. The van der Waals surface area contributed by atoms with E-state index in [0.29, 0.717) is 6.61 Å². The summed E-state index contributed by atoms with van der Waals surface area (Å²) in [7, 11) is 0. The molecule has 18 heavy (non-hydrogen) atoms. The molecule has 1 saturated carbocycles.